The van der Waals surface area contributed by atoms with Crippen LogP contribution in [0.25, 0.3) is 11.1 Å². The van der Waals surface area contributed by atoms with Crippen LogP contribution in [0.3, 0.4) is 0 Å². The van der Waals surface area contributed by atoms with Crippen LogP contribution in [0.4, 0.5) is 6.01 Å². The molecule has 5 heteroatoms. The first-order valence-electron chi connectivity index (χ1n) is 5.02. The molecule has 0 unspecified atom stereocenters. The summed E-state index contributed by atoms with van der Waals surface area (Å²) in [6, 6.07) is 3.30. The van der Waals surface area contributed by atoms with Crippen LogP contribution in [0.2, 0.25) is 0 Å². The van der Waals surface area contributed by atoms with Crippen LogP contribution in [-0.2, 0) is 0 Å². The number of oxazole rings is 1. The van der Waals surface area contributed by atoms with E-state index in [1.165, 1.54) is 0 Å². The molecule has 84 valence electrons. The highest BCUT2D eigenvalue weighted by Crippen LogP contribution is 2.28. The molecule has 0 spiro atoms. The third kappa shape index (κ3) is 1.84. The van der Waals surface area contributed by atoms with E-state index in [-0.39, 0.29) is 6.01 Å². The normalized spacial score (nSPS) is 10.6. The predicted octanol–water partition coefficient (Wildman–Crippen LogP) is 2.01. The number of nitrogen functional groups attached to an aromatic ring is 1. The third-order valence-corrected chi connectivity index (χ3v) is 2.09. The number of carbonyl (C=O) groups excluding carboxylic acids is 1. The summed E-state index contributed by atoms with van der Waals surface area (Å²) in [5.74, 6) is 0.505. The van der Waals surface area contributed by atoms with Crippen molar-refractivity contribution in [2.75, 3.05) is 12.3 Å². The second kappa shape index (κ2) is 4.22. The Hall–Kier alpha value is -2.04. The van der Waals surface area contributed by atoms with Gasteiger partial charge in [-0.3, -0.25) is 4.79 Å². The molecule has 5 nitrogen and oxygen atoms in total. The molecule has 0 saturated carbocycles. The van der Waals surface area contributed by atoms with E-state index < -0.39 is 0 Å². The molecule has 2 rings (SSSR count). The lowest BCUT2D eigenvalue weighted by Crippen LogP contribution is -1.96. The van der Waals surface area contributed by atoms with Crippen molar-refractivity contribution in [3.8, 4) is 5.75 Å². The van der Waals surface area contributed by atoms with Crippen molar-refractivity contribution in [1.82, 2.24) is 4.98 Å². The monoisotopic (exact) mass is 220 g/mol. The summed E-state index contributed by atoms with van der Waals surface area (Å²) < 4.78 is 10.7. The van der Waals surface area contributed by atoms with Gasteiger partial charge in [-0.2, -0.15) is 4.98 Å². The van der Waals surface area contributed by atoms with Crippen molar-refractivity contribution < 1.29 is 13.9 Å². The summed E-state index contributed by atoms with van der Waals surface area (Å²) in [5, 5.41) is 0. The van der Waals surface area contributed by atoms with E-state index in [4.69, 9.17) is 14.9 Å². The van der Waals surface area contributed by atoms with Gasteiger partial charge in [0.05, 0.1) is 6.61 Å². The van der Waals surface area contributed by atoms with Gasteiger partial charge in [-0.05, 0) is 18.6 Å². The molecular weight excluding hydrogens is 208 g/mol. The fraction of sp³-hybridized carbons (Fsp3) is 0.273. The zero-order valence-corrected chi connectivity index (χ0v) is 8.90. The lowest BCUT2D eigenvalue weighted by molar-refractivity contribution is 0.112. The van der Waals surface area contributed by atoms with Crippen molar-refractivity contribution in [2.45, 2.75) is 13.3 Å². The summed E-state index contributed by atoms with van der Waals surface area (Å²) in [6.07, 6.45) is 1.61. The quantitative estimate of drug-likeness (QED) is 0.797. The second-order valence-electron chi connectivity index (χ2n) is 3.39. The first kappa shape index (κ1) is 10.5. The molecule has 16 heavy (non-hydrogen) atoms. The Labute approximate surface area is 92.2 Å². The van der Waals surface area contributed by atoms with E-state index in [0.717, 1.165) is 12.7 Å². The zero-order valence-electron chi connectivity index (χ0n) is 8.90. The fourth-order valence-corrected chi connectivity index (χ4v) is 1.43. The SMILES string of the molecule is CCCOc1cc(C=O)cc2nc(N)oc12. The first-order chi connectivity index (χ1) is 7.74. The van der Waals surface area contributed by atoms with Crippen LogP contribution in [0.1, 0.15) is 23.7 Å². The topological polar surface area (TPSA) is 78.3 Å². The van der Waals surface area contributed by atoms with Gasteiger partial charge < -0.3 is 14.9 Å². The minimum atomic E-state index is 0.0689. The standard InChI is InChI=1S/C11H12N2O3/c1-2-3-15-9-5-7(6-14)4-8-10(9)16-11(12)13-8/h4-6H,2-3H2,1H3,(H2,12,13). The molecule has 0 fully saturated rings. The van der Waals surface area contributed by atoms with Crippen molar-refractivity contribution >= 4 is 23.4 Å². The number of benzene rings is 1. The molecule has 1 aromatic heterocycles. The number of aldehydes is 1. The highest BCUT2D eigenvalue weighted by Gasteiger charge is 2.11. The van der Waals surface area contributed by atoms with E-state index in [2.05, 4.69) is 4.98 Å². The Morgan fingerprint density at radius 3 is 3.06 bits per heavy atom. The van der Waals surface area contributed by atoms with Gasteiger partial charge in [-0.15, -0.1) is 0 Å². The number of fused-ring (bicyclic) bond motifs is 1. The molecular formula is C11H12N2O3. The molecule has 1 heterocycles. The number of nitrogens with two attached hydrogens (primary N) is 1. The van der Waals surface area contributed by atoms with Crippen molar-refractivity contribution in [3.05, 3.63) is 17.7 Å². The molecule has 0 aliphatic carbocycles. The lowest BCUT2D eigenvalue weighted by Gasteiger charge is -2.04. The van der Waals surface area contributed by atoms with Crippen LogP contribution < -0.4 is 10.5 Å². The van der Waals surface area contributed by atoms with Crippen molar-refractivity contribution in [1.29, 1.82) is 0 Å². The fourth-order valence-electron chi connectivity index (χ4n) is 1.43. The van der Waals surface area contributed by atoms with E-state index in [1.807, 2.05) is 6.92 Å². The van der Waals surface area contributed by atoms with Gasteiger partial charge in [-0.1, -0.05) is 6.92 Å². The van der Waals surface area contributed by atoms with Crippen LogP contribution in [0.15, 0.2) is 16.5 Å². The smallest absolute Gasteiger partial charge is 0.293 e. The number of carbonyl (C=O) groups is 1. The second-order valence-corrected chi connectivity index (χ2v) is 3.39. The van der Waals surface area contributed by atoms with Crippen LogP contribution in [0, 0.1) is 0 Å². The number of nitrogens with zero attached hydrogens (tertiary/aromatic N) is 1. The minimum absolute atomic E-state index is 0.0689. The number of aromatic nitrogens is 1. The Morgan fingerprint density at radius 1 is 1.56 bits per heavy atom. The maximum Gasteiger partial charge on any atom is 0.293 e. The molecule has 1 aromatic carbocycles. The average Bonchev–Trinajstić information content (AvgIpc) is 2.65. The zero-order chi connectivity index (χ0) is 11.5. The van der Waals surface area contributed by atoms with Crippen LogP contribution >= 0.6 is 0 Å². The highest BCUT2D eigenvalue weighted by molar-refractivity contribution is 5.88. The summed E-state index contributed by atoms with van der Waals surface area (Å²) in [7, 11) is 0. The van der Waals surface area contributed by atoms with E-state index in [0.29, 0.717) is 29.0 Å². The summed E-state index contributed by atoms with van der Waals surface area (Å²) in [4.78, 5) is 14.7. The lowest BCUT2D eigenvalue weighted by atomic mass is 10.2. The summed E-state index contributed by atoms with van der Waals surface area (Å²) in [5.41, 5.74) is 6.97. The third-order valence-electron chi connectivity index (χ3n) is 2.09. The molecule has 0 aliphatic heterocycles. The van der Waals surface area contributed by atoms with Gasteiger partial charge in [0, 0.05) is 5.56 Å². The van der Waals surface area contributed by atoms with Crippen LogP contribution in [-0.4, -0.2) is 17.9 Å². The van der Waals surface area contributed by atoms with E-state index >= 15 is 0 Å². The largest absolute Gasteiger partial charge is 0.490 e. The van der Waals surface area contributed by atoms with Crippen molar-refractivity contribution in [3.63, 3.8) is 0 Å². The van der Waals surface area contributed by atoms with Gasteiger partial charge in [0.2, 0.25) is 0 Å². The number of rotatable bonds is 4. The maximum absolute atomic E-state index is 10.7. The van der Waals surface area contributed by atoms with E-state index in [1.54, 1.807) is 12.1 Å². The van der Waals surface area contributed by atoms with Gasteiger partial charge >= 0.3 is 0 Å². The van der Waals surface area contributed by atoms with Crippen LogP contribution in [0.5, 0.6) is 5.75 Å². The molecule has 2 N–H and O–H groups in total. The molecule has 0 saturated heterocycles. The van der Waals surface area contributed by atoms with Crippen molar-refractivity contribution in [2.24, 2.45) is 0 Å². The molecule has 0 radical (unpaired) electrons. The Balaban J connectivity index is 2.53. The summed E-state index contributed by atoms with van der Waals surface area (Å²) in [6.45, 7) is 2.55. The van der Waals surface area contributed by atoms with E-state index in [9.17, 15) is 4.79 Å². The minimum Gasteiger partial charge on any atom is -0.490 e. The Kier molecular flexibility index (Phi) is 2.76. The number of hydrogen-bond donors (Lipinski definition) is 1. The Bertz CT molecular complexity index is 519. The van der Waals surface area contributed by atoms with Gasteiger partial charge in [0.1, 0.15) is 11.8 Å². The van der Waals surface area contributed by atoms with Gasteiger partial charge in [0.25, 0.3) is 6.01 Å². The molecule has 0 aliphatic rings. The maximum atomic E-state index is 10.7. The molecule has 0 amide bonds. The van der Waals surface area contributed by atoms with Gasteiger partial charge in [-0.25, -0.2) is 0 Å². The molecule has 0 atom stereocenters. The average molecular weight is 220 g/mol. The summed E-state index contributed by atoms with van der Waals surface area (Å²) >= 11 is 0. The van der Waals surface area contributed by atoms with Gasteiger partial charge in [0.15, 0.2) is 11.3 Å². The number of anilines is 1. The Morgan fingerprint density at radius 2 is 2.38 bits per heavy atom. The first-order valence-corrected chi connectivity index (χ1v) is 5.02. The highest BCUT2D eigenvalue weighted by atomic mass is 16.5. The number of hydrogen-bond acceptors (Lipinski definition) is 5. The number of ether oxygens (including phenoxy) is 1. The molecule has 0 bridgehead atoms. The molecule has 2 aromatic rings. The predicted molar refractivity (Wildman–Crippen MR) is 59.6 cm³/mol.